The van der Waals surface area contributed by atoms with Gasteiger partial charge < -0.3 is 10.5 Å². The van der Waals surface area contributed by atoms with Gasteiger partial charge in [0.1, 0.15) is 0 Å². The highest BCUT2D eigenvalue weighted by atomic mass is 32.2. The predicted octanol–water partition coefficient (Wildman–Crippen LogP) is 0.212. The highest BCUT2D eigenvalue weighted by Gasteiger charge is 2.22. The summed E-state index contributed by atoms with van der Waals surface area (Å²) in [5, 5.41) is 0. The lowest BCUT2D eigenvalue weighted by Crippen LogP contribution is -2.33. The smallest absolute Gasteiger partial charge is 0.214 e. The Kier molecular flexibility index (Phi) is 5.68. The summed E-state index contributed by atoms with van der Waals surface area (Å²) in [5.74, 6) is 0.0885. The number of nitrogens with one attached hydrogen (secondary N) is 1. The number of nitrogens with two attached hydrogens (primary N) is 1. The van der Waals surface area contributed by atoms with E-state index in [1.807, 2.05) is 6.92 Å². The van der Waals surface area contributed by atoms with E-state index in [9.17, 15) is 8.42 Å². The van der Waals surface area contributed by atoms with Crippen LogP contribution in [0.15, 0.2) is 0 Å². The summed E-state index contributed by atoms with van der Waals surface area (Å²) in [4.78, 5) is 0. The second kappa shape index (κ2) is 6.54. The molecule has 1 aliphatic heterocycles. The van der Waals surface area contributed by atoms with Crippen LogP contribution in [-0.2, 0) is 14.8 Å². The average Bonchev–Trinajstić information content (AvgIpc) is 2.64. The molecule has 0 aromatic rings. The molecule has 0 aromatic carbocycles. The van der Waals surface area contributed by atoms with Crippen LogP contribution in [0.1, 0.15) is 32.6 Å². The Hall–Kier alpha value is -0.170. The Morgan fingerprint density at radius 3 is 2.88 bits per heavy atom. The third-order valence-corrected chi connectivity index (χ3v) is 4.04. The zero-order chi connectivity index (χ0) is 12.0. The summed E-state index contributed by atoms with van der Waals surface area (Å²) < 4.78 is 31.1. The molecule has 1 aliphatic rings. The molecule has 0 radical (unpaired) electrons. The number of ether oxygens (including phenoxy) is 1. The monoisotopic (exact) mass is 250 g/mol. The van der Waals surface area contributed by atoms with Crippen LogP contribution in [0.2, 0.25) is 0 Å². The average molecular weight is 250 g/mol. The SMILES string of the molecule is CC(N)CCCNS(=O)(=O)CC1CCCO1. The first-order valence-corrected chi connectivity index (χ1v) is 7.49. The third-order valence-electron chi connectivity index (χ3n) is 2.59. The van der Waals surface area contributed by atoms with Crippen molar-refractivity contribution in [2.45, 2.75) is 44.8 Å². The van der Waals surface area contributed by atoms with Gasteiger partial charge >= 0.3 is 0 Å². The number of sulfonamides is 1. The molecule has 1 heterocycles. The second-order valence-electron chi connectivity index (χ2n) is 4.43. The highest BCUT2D eigenvalue weighted by molar-refractivity contribution is 7.89. The van der Waals surface area contributed by atoms with E-state index in [1.54, 1.807) is 0 Å². The Morgan fingerprint density at radius 2 is 2.31 bits per heavy atom. The van der Waals surface area contributed by atoms with Gasteiger partial charge in [-0.3, -0.25) is 0 Å². The highest BCUT2D eigenvalue weighted by Crippen LogP contribution is 2.13. The van der Waals surface area contributed by atoms with Crippen molar-refractivity contribution in [3.05, 3.63) is 0 Å². The van der Waals surface area contributed by atoms with Gasteiger partial charge in [0.05, 0.1) is 11.9 Å². The van der Waals surface area contributed by atoms with E-state index >= 15 is 0 Å². The molecule has 0 aliphatic carbocycles. The first kappa shape index (κ1) is 13.9. The van der Waals surface area contributed by atoms with Gasteiger partial charge in [0, 0.05) is 19.2 Å². The fourth-order valence-corrected chi connectivity index (χ4v) is 3.06. The zero-order valence-corrected chi connectivity index (χ0v) is 10.6. The van der Waals surface area contributed by atoms with Crippen molar-refractivity contribution in [2.75, 3.05) is 18.9 Å². The van der Waals surface area contributed by atoms with Crippen molar-refractivity contribution in [1.29, 1.82) is 0 Å². The van der Waals surface area contributed by atoms with Crippen molar-refractivity contribution in [1.82, 2.24) is 4.72 Å². The second-order valence-corrected chi connectivity index (χ2v) is 6.28. The summed E-state index contributed by atoms with van der Waals surface area (Å²) in [6.45, 7) is 3.07. The lowest BCUT2D eigenvalue weighted by atomic mass is 10.2. The fourth-order valence-electron chi connectivity index (χ4n) is 1.73. The minimum atomic E-state index is -3.18. The maximum absolute atomic E-state index is 11.6. The van der Waals surface area contributed by atoms with E-state index in [0.29, 0.717) is 13.2 Å². The Balaban J connectivity index is 2.18. The Bertz CT molecular complexity index is 284. The minimum absolute atomic E-state index is 0.0885. The van der Waals surface area contributed by atoms with Gasteiger partial charge in [0.2, 0.25) is 10.0 Å². The molecule has 3 N–H and O–H groups in total. The first-order chi connectivity index (χ1) is 7.49. The van der Waals surface area contributed by atoms with Crippen molar-refractivity contribution in [3.63, 3.8) is 0 Å². The van der Waals surface area contributed by atoms with Crippen LogP contribution in [-0.4, -0.2) is 39.5 Å². The van der Waals surface area contributed by atoms with Crippen molar-refractivity contribution in [3.8, 4) is 0 Å². The van der Waals surface area contributed by atoms with E-state index in [4.69, 9.17) is 10.5 Å². The molecule has 1 rings (SSSR count). The van der Waals surface area contributed by atoms with E-state index in [2.05, 4.69) is 4.72 Å². The zero-order valence-electron chi connectivity index (χ0n) is 9.81. The van der Waals surface area contributed by atoms with Crippen LogP contribution in [0.4, 0.5) is 0 Å². The van der Waals surface area contributed by atoms with Crippen LogP contribution in [0.25, 0.3) is 0 Å². The van der Waals surface area contributed by atoms with Gasteiger partial charge in [-0.15, -0.1) is 0 Å². The molecule has 0 bridgehead atoms. The van der Waals surface area contributed by atoms with Crippen LogP contribution in [0, 0.1) is 0 Å². The molecular formula is C10H22N2O3S. The minimum Gasteiger partial charge on any atom is -0.377 e. The molecule has 1 fully saturated rings. The largest absolute Gasteiger partial charge is 0.377 e. The number of hydrogen-bond donors (Lipinski definition) is 2. The van der Waals surface area contributed by atoms with Crippen molar-refractivity contribution >= 4 is 10.0 Å². The molecule has 2 unspecified atom stereocenters. The van der Waals surface area contributed by atoms with Gasteiger partial charge in [0.15, 0.2) is 0 Å². The van der Waals surface area contributed by atoms with E-state index in [-0.39, 0.29) is 17.9 Å². The maximum Gasteiger partial charge on any atom is 0.214 e. The molecule has 5 nitrogen and oxygen atoms in total. The van der Waals surface area contributed by atoms with Gasteiger partial charge in [-0.25, -0.2) is 13.1 Å². The van der Waals surface area contributed by atoms with Gasteiger partial charge in [-0.05, 0) is 32.6 Å². The molecule has 0 spiro atoms. The Labute approximate surface area is 97.8 Å². The normalized spacial score (nSPS) is 23.5. The molecular weight excluding hydrogens is 228 g/mol. The molecule has 0 saturated carbocycles. The molecule has 2 atom stereocenters. The summed E-state index contributed by atoms with van der Waals surface area (Å²) >= 11 is 0. The lowest BCUT2D eigenvalue weighted by Gasteiger charge is -2.11. The molecule has 0 amide bonds. The van der Waals surface area contributed by atoms with Gasteiger partial charge in [-0.2, -0.15) is 0 Å². The van der Waals surface area contributed by atoms with E-state index in [1.165, 1.54) is 0 Å². The molecule has 0 aromatic heterocycles. The summed E-state index contributed by atoms with van der Waals surface area (Å²) in [6.07, 6.45) is 3.31. The van der Waals surface area contributed by atoms with E-state index in [0.717, 1.165) is 25.7 Å². The quantitative estimate of drug-likeness (QED) is 0.633. The topological polar surface area (TPSA) is 81.4 Å². The third kappa shape index (κ3) is 5.79. The number of rotatable bonds is 7. The molecule has 6 heteroatoms. The molecule has 1 saturated heterocycles. The molecule has 16 heavy (non-hydrogen) atoms. The Morgan fingerprint density at radius 1 is 1.56 bits per heavy atom. The van der Waals surface area contributed by atoms with Gasteiger partial charge in [0.25, 0.3) is 0 Å². The first-order valence-electron chi connectivity index (χ1n) is 5.84. The number of hydrogen-bond acceptors (Lipinski definition) is 4. The van der Waals surface area contributed by atoms with Crippen LogP contribution in [0.3, 0.4) is 0 Å². The van der Waals surface area contributed by atoms with Crippen LogP contribution < -0.4 is 10.5 Å². The summed E-state index contributed by atoms with van der Waals surface area (Å²) in [5.41, 5.74) is 5.58. The maximum atomic E-state index is 11.6. The van der Waals surface area contributed by atoms with Gasteiger partial charge in [-0.1, -0.05) is 0 Å². The summed E-state index contributed by atoms with van der Waals surface area (Å²) in [6, 6.07) is 0.127. The molecule has 96 valence electrons. The van der Waals surface area contributed by atoms with Crippen LogP contribution in [0.5, 0.6) is 0 Å². The van der Waals surface area contributed by atoms with Crippen molar-refractivity contribution in [2.24, 2.45) is 5.73 Å². The lowest BCUT2D eigenvalue weighted by molar-refractivity contribution is 0.127. The summed E-state index contributed by atoms with van der Waals surface area (Å²) in [7, 11) is -3.18. The van der Waals surface area contributed by atoms with Crippen molar-refractivity contribution < 1.29 is 13.2 Å². The van der Waals surface area contributed by atoms with E-state index < -0.39 is 10.0 Å². The van der Waals surface area contributed by atoms with Crippen LogP contribution >= 0.6 is 0 Å². The fraction of sp³-hybridized carbons (Fsp3) is 1.00. The predicted molar refractivity (Wildman–Crippen MR) is 63.6 cm³/mol. The standard InChI is InChI=1S/C10H22N2O3S/c1-9(11)4-2-6-12-16(13,14)8-10-5-3-7-15-10/h9-10,12H,2-8,11H2,1H3.